The SMILES string of the molecule is O=C(O)[C@@H](CNCc1ccccc1)OCc1ccccc1. The molecule has 110 valence electrons. The van der Waals surface area contributed by atoms with Crippen LogP contribution in [0.5, 0.6) is 0 Å². The number of benzene rings is 2. The first-order chi connectivity index (χ1) is 10.3. The van der Waals surface area contributed by atoms with E-state index in [1.165, 1.54) is 0 Å². The van der Waals surface area contributed by atoms with Gasteiger partial charge in [-0.15, -0.1) is 0 Å². The highest BCUT2D eigenvalue weighted by Gasteiger charge is 2.17. The van der Waals surface area contributed by atoms with Crippen molar-refractivity contribution in [1.82, 2.24) is 5.32 Å². The van der Waals surface area contributed by atoms with Gasteiger partial charge in [0.15, 0.2) is 6.10 Å². The summed E-state index contributed by atoms with van der Waals surface area (Å²) in [5.74, 6) is -0.952. The molecule has 0 radical (unpaired) electrons. The molecule has 0 unspecified atom stereocenters. The van der Waals surface area contributed by atoms with Gasteiger partial charge in [0.2, 0.25) is 0 Å². The van der Waals surface area contributed by atoms with Gasteiger partial charge in [-0.2, -0.15) is 0 Å². The molecule has 0 aliphatic rings. The fourth-order valence-electron chi connectivity index (χ4n) is 1.93. The Hall–Kier alpha value is -2.17. The molecule has 2 rings (SSSR count). The Kier molecular flexibility index (Phi) is 5.94. The summed E-state index contributed by atoms with van der Waals surface area (Å²) in [5, 5.41) is 12.3. The van der Waals surface area contributed by atoms with Crippen molar-refractivity contribution in [3.8, 4) is 0 Å². The van der Waals surface area contributed by atoms with Crippen LogP contribution in [-0.2, 0) is 22.7 Å². The van der Waals surface area contributed by atoms with Gasteiger partial charge >= 0.3 is 5.97 Å². The Morgan fingerprint density at radius 1 is 1.00 bits per heavy atom. The third kappa shape index (κ3) is 5.38. The maximum absolute atomic E-state index is 11.2. The minimum absolute atomic E-state index is 0.275. The number of carbonyl (C=O) groups is 1. The molecule has 0 aliphatic carbocycles. The number of hydrogen-bond acceptors (Lipinski definition) is 3. The molecular formula is C17H19NO3. The minimum atomic E-state index is -0.952. The summed E-state index contributed by atoms with van der Waals surface area (Å²) in [5.41, 5.74) is 2.08. The molecule has 4 heteroatoms. The van der Waals surface area contributed by atoms with Crippen molar-refractivity contribution in [1.29, 1.82) is 0 Å². The first kappa shape index (κ1) is 15.2. The van der Waals surface area contributed by atoms with Crippen LogP contribution in [0.15, 0.2) is 60.7 Å². The fourth-order valence-corrected chi connectivity index (χ4v) is 1.93. The normalized spacial score (nSPS) is 12.0. The molecule has 0 spiro atoms. The highest BCUT2D eigenvalue weighted by atomic mass is 16.5. The van der Waals surface area contributed by atoms with E-state index in [9.17, 15) is 9.90 Å². The Morgan fingerprint density at radius 2 is 1.57 bits per heavy atom. The standard InChI is InChI=1S/C17H19NO3/c19-17(20)16(21-13-15-9-5-2-6-10-15)12-18-11-14-7-3-1-4-8-14/h1-10,16,18H,11-13H2,(H,19,20)/t16-/m1/s1. The molecule has 0 heterocycles. The highest BCUT2D eigenvalue weighted by molar-refractivity contribution is 5.72. The number of rotatable bonds is 8. The van der Waals surface area contributed by atoms with Gasteiger partial charge in [-0.05, 0) is 11.1 Å². The number of aliphatic carboxylic acids is 1. The number of hydrogen-bond donors (Lipinski definition) is 2. The summed E-state index contributed by atoms with van der Waals surface area (Å²) < 4.78 is 5.47. The topological polar surface area (TPSA) is 58.6 Å². The first-order valence-electron chi connectivity index (χ1n) is 6.88. The molecule has 2 aromatic rings. The summed E-state index contributed by atoms with van der Waals surface area (Å²) in [4.78, 5) is 11.2. The third-order valence-corrected chi connectivity index (χ3v) is 3.07. The predicted octanol–water partition coefficient (Wildman–Crippen LogP) is 2.45. The lowest BCUT2D eigenvalue weighted by Gasteiger charge is -2.14. The van der Waals surface area contributed by atoms with Crippen molar-refractivity contribution in [2.24, 2.45) is 0 Å². The second kappa shape index (κ2) is 8.19. The first-order valence-corrected chi connectivity index (χ1v) is 6.88. The van der Waals surface area contributed by atoms with Crippen LogP contribution >= 0.6 is 0 Å². The summed E-state index contributed by atoms with van der Waals surface area (Å²) >= 11 is 0. The average molecular weight is 285 g/mol. The van der Waals surface area contributed by atoms with Crippen molar-refractivity contribution in [3.05, 3.63) is 71.8 Å². The summed E-state index contributed by atoms with van der Waals surface area (Å²) in [6.45, 7) is 1.20. The van der Waals surface area contributed by atoms with Crippen molar-refractivity contribution < 1.29 is 14.6 Å². The zero-order chi connectivity index (χ0) is 14.9. The van der Waals surface area contributed by atoms with E-state index in [-0.39, 0.29) is 6.54 Å². The van der Waals surface area contributed by atoms with Gasteiger partial charge < -0.3 is 15.2 Å². The molecule has 0 bridgehead atoms. The van der Waals surface area contributed by atoms with Crippen LogP contribution < -0.4 is 5.32 Å². The zero-order valence-corrected chi connectivity index (χ0v) is 11.7. The molecule has 0 aliphatic heterocycles. The van der Waals surface area contributed by atoms with Crippen molar-refractivity contribution >= 4 is 5.97 Å². The predicted molar refractivity (Wildman–Crippen MR) is 80.8 cm³/mol. The van der Waals surface area contributed by atoms with Crippen LogP contribution in [0.25, 0.3) is 0 Å². The maximum atomic E-state index is 11.2. The van der Waals surface area contributed by atoms with Crippen LogP contribution in [0, 0.1) is 0 Å². The summed E-state index contributed by atoms with van der Waals surface area (Å²) in [6, 6.07) is 19.4. The molecule has 1 atom stereocenters. The number of ether oxygens (including phenoxy) is 1. The number of carboxylic acid groups (broad SMARTS) is 1. The van der Waals surface area contributed by atoms with Crippen molar-refractivity contribution in [2.45, 2.75) is 19.3 Å². The lowest BCUT2D eigenvalue weighted by Crippen LogP contribution is -2.35. The molecule has 21 heavy (non-hydrogen) atoms. The van der Waals surface area contributed by atoms with Gasteiger partial charge in [0.05, 0.1) is 6.61 Å². The lowest BCUT2D eigenvalue weighted by atomic mass is 10.2. The molecule has 0 aromatic heterocycles. The second-order valence-electron chi connectivity index (χ2n) is 4.74. The highest BCUT2D eigenvalue weighted by Crippen LogP contribution is 2.04. The van der Waals surface area contributed by atoms with Gasteiger partial charge in [0, 0.05) is 13.1 Å². The van der Waals surface area contributed by atoms with E-state index in [4.69, 9.17) is 4.74 Å². The van der Waals surface area contributed by atoms with Gasteiger partial charge in [-0.1, -0.05) is 60.7 Å². The Balaban J connectivity index is 1.78. The van der Waals surface area contributed by atoms with E-state index in [1.54, 1.807) is 0 Å². The van der Waals surface area contributed by atoms with Crippen LogP contribution in [0.1, 0.15) is 11.1 Å². The van der Waals surface area contributed by atoms with Gasteiger partial charge in [0.1, 0.15) is 0 Å². The Labute approximate surface area is 124 Å². The molecule has 0 saturated heterocycles. The molecule has 2 aromatic carbocycles. The van der Waals surface area contributed by atoms with Crippen LogP contribution in [0.3, 0.4) is 0 Å². The zero-order valence-electron chi connectivity index (χ0n) is 11.7. The minimum Gasteiger partial charge on any atom is -0.479 e. The Morgan fingerprint density at radius 3 is 2.14 bits per heavy atom. The molecule has 0 amide bonds. The quantitative estimate of drug-likeness (QED) is 0.782. The molecule has 0 saturated carbocycles. The van der Waals surface area contributed by atoms with E-state index in [0.717, 1.165) is 11.1 Å². The van der Waals surface area contributed by atoms with E-state index in [1.807, 2.05) is 60.7 Å². The average Bonchev–Trinajstić information content (AvgIpc) is 2.52. The maximum Gasteiger partial charge on any atom is 0.334 e. The largest absolute Gasteiger partial charge is 0.479 e. The van der Waals surface area contributed by atoms with Gasteiger partial charge in [0.25, 0.3) is 0 Å². The molecule has 2 N–H and O–H groups in total. The smallest absolute Gasteiger partial charge is 0.334 e. The van der Waals surface area contributed by atoms with Crippen molar-refractivity contribution in [3.63, 3.8) is 0 Å². The lowest BCUT2D eigenvalue weighted by molar-refractivity contribution is -0.150. The van der Waals surface area contributed by atoms with Gasteiger partial charge in [-0.3, -0.25) is 0 Å². The molecule has 0 fully saturated rings. The van der Waals surface area contributed by atoms with E-state index >= 15 is 0 Å². The van der Waals surface area contributed by atoms with Crippen LogP contribution in [-0.4, -0.2) is 23.7 Å². The van der Waals surface area contributed by atoms with Crippen LogP contribution in [0.2, 0.25) is 0 Å². The summed E-state index contributed by atoms with van der Waals surface area (Å²) in [7, 11) is 0. The third-order valence-electron chi connectivity index (χ3n) is 3.07. The van der Waals surface area contributed by atoms with Gasteiger partial charge in [-0.25, -0.2) is 4.79 Å². The van der Waals surface area contributed by atoms with Crippen molar-refractivity contribution in [2.75, 3.05) is 6.54 Å². The van der Waals surface area contributed by atoms with Crippen LogP contribution in [0.4, 0.5) is 0 Å². The Bertz CT molecular complexity index is 542. The fraction of sp³-hybridized carbons (Fsp3) is 0.235. The van der Waals surface area contributed by atoms with E-state index in [2.05, 4.69) is 5.32 Å². The molecular weight excluding hydrogens is 266 g/mol. The monoisotopic (exact) mass is 285 g/mol. The van der Waals surface area contributed by atoms with E-state index < -0.39 is 12.1 Å². The number of carboxylic acids is 1. The molecule has 4 nitrogen and oxygen atoms in total. The van der Waals surface area contributed by atoms with E-state index in [0.29, 0.717) is 13.2 Å². The number of nitrogens with one attached hydrogen (secondary N) is 1. The second-order valence-corrected chi connectivity index (χ2v) is 4.74. The summed E-state index contributed by atoms with van der Waals surface area (Å²) in [6.07, 6.45) is -0.853.